The summed E-state index contributed by atoms with van der Waals surface area (Å²) in [5.41, 5.74) is 2.76. The third kappa shape index (κ3) is 5.76. The molecule has 3 nitrogen and oxygen atoms in total. The lowest BCUT2D eigenvalue weighted by molar-refractivity contribution is -0.118. The number of hydrogen-bond acceptors (Lipinski definition) is 3. The molecule has 0 radical (unpaired) electrons. The van der Waals surface area contributed by atoms with Crippen LogP contribution in [0.4, 0.5) is 0 Å². The van der Waals surface area contributed by atoms with Crippen LogP contribution in [-0.4, -0.2) is 16.9 Å². The number of ether oxygens (including phenoxy) is 1. The van der Waals surface area contributed by atoms with Crippen molar-refractivity contribution >= 4 is 5.78 Å². The Kier molecular flexibility index (Phi) is 5.98. The summed E-state index contributed by atoms with van der Waals surface area (Å²) in [5, 5.41) is 0. The topological polar surface area (TPSA) is 39.2 Å². The molecule has 0 spiro atoms. The van der Waals surface area contributed by atoms with E-state index in [-0.39, 0.29) is 17.3 Å². The lowest BCUT2D eigenvalue weighted by Crippen LogP contribution is -2.20. The first-order valence-corrected chi connectivity index (χ1v) is 8.51. The number of hydrogen-bond donors (Lipinski definition) is 0. The first-order valence-electron chi connectivity index (χ1n) is 8.51. The van der Waals surface area contributed by atoms with Crippen LogP contribution in [0.3, 0.4) is 0 Å². The van der Waals surface area contributed by atoms with E-state index >= 15 is 0 Å². The van der Waals surface area contributed by atoms with Crippen molar-refractivity contribution in [1.82, 2.24) is 4.98 Å². The van der Waals surface area contributed by atoms with Gasteiger partial charge in [0.1, 0.15) is 5.78 Å². The highest BCUT2D eigenvalue weighted by molar-refractivity contribution is 5.77. The molecule has 0 N–H and O–H groups in total. The largest absolute Gasteiger partial charge is 0.475 e. The Labute approximate surface area is 150 Å². The Morgan fingerprint density at radius 1 is 1.08 bits per heavy atom. The van der Waals surface area contributed by atoms with Gasteiger partial charge in [0.05, 0.1) is 6.10 Å². The van der Waals surface area contributed by atoms with Crippen molar-refractivity contribution in [3.05, 3.63) is 59.3 Å². The standard InChI is InChI=1S/C22H25NO2/c1-16(2)25-21-13-10-19(15-23-21)7-6-18-8-11-20(12-9-18)22(4,5)14-17(3)24/h8-13,15-16H,14H2,1-5H3. The zero-order valence-electron chi connectivity index (χ0n) is 15.6. The molecule has 3 heteroatoms. The lowest BCUT2D eigenvalue weighted by Gasteiger charge is -2.23. The van der Waals surface area contributed by atoms with Crippen molar-refractivity contribution in [3.63, 3.8) is 0 Å². The normalized spacial score (nSPS) is 11.0. The van der Waals surface area contributed by atoms with E-state index in [1.165, 1.54) is 0 Å². The molecule has 0 amide bonds. The van der Waals surface area contributed by atoms with Gasteiger partial charge in [0.25, 0.3) is 0 Å². The molecular weight excluding hydrogens is 310 g/mol. The summed E-state index contributed by atoms with van der Waals surface area (Å²) in [7, 11) is 0. The molecule has 25 heavy (non-hydrogen) atoms. The number of rotatable bonds is 5. The molecule has 0 saturated carbocycles. The predicted molar refractivity (Wildman–Crippen MR) is 101 cm³/mol. The molecule has 130 valence electrons. The summed E-state index contributed by atoms with van der Waals surface area (Å²) in [4.78, 5) is 15.7. The minimum absolute atomic E-state index is 0.107. The molecule has 1 aromatic heterocycles. The zero-order chi connectivity index (χ0) is 18.4. The zero-order valence-corrected chi connectivity index (χ0v) is 15.6. The smallest absolute Gasteiger partial charge is 0.213 e. The molecule has 0 aliphatic carbocycles. The molecule has 0 aliphatic rings. The van der Waals surface area contributed by atoms with Gasteiger partial charge in [-0.1, -0.05) is 37.8 Å². The number of carbonyl (C=O) groups excluding carboxylic acids is 1. The first-order chi connectivity index (χ1) is 11.8. The van der Waals surface area contributed by atoms with Gasteiger partial charge in [-0.15, -0.1) is 0 Å². The maximum atomic E-state index is 11.4. The van der Waals surface area contributed by atoms with E-state index in [4.69, 9.17) is 4.74 Å². The van der Waals surface area contributed by atoms with Crippen LogP contribution < -0.4 is 4.74 Å². The fourth-order valence-corrected chi connectivity index (χ4v) is 2.64. The third-order valence-corrected chi connectivity index (χ3v) is 3.80. The van der Waals surface area contributed by atoms with Crippen LogP contribution in [0.15, 0.2) is 42.6 Å². The average Bonchev–Trinajstić information content (AvgIpc) is 2.53. The van der Waals surface area contributed by atoms with E-state index in [1.54, 1.807) is 13.1 Å². The highest BCUT2D eigenvalue weighted by Crippen LogP contribution is 2.27. The molecule has 0 aliphatic heterocycles. The third-order valence-electron chi connectivity index (χ3n) is 3.80. The number of pyridine rings is 1. The summed E-state index contributed by atoms with van der Waals surface area (Å²) >= 11 is 0. The monoisotopic (exact) mass is 335 g/mol. The second kappa shape index (κ2) is 7.98. The first kappa shape index (κ1) is 18.7. The second-order valence-electron chi connectivity index (χ2n) is 7.14. The van der Waals surface area contributed by atoms with E-state index in [2.05, 4.69) is 30.7 Å². The number of aromatic nitrogens is 1. The fraction of sp³-hybridized carbons (Fsp3) is 0.364. The molecule has 0 saturated heterocycles. The Morgan fingerprint density at radius 2 is 1.68 bits per heavy atom. The van der Waals surface area contributed by atoms with Crippen molar-refractivity contribution in [2.24, 2.45) is 0 Å². The van der Waals surface area contributed by atoms with E-state index < -0.39 is 0 Å². The van der Waals surface area contributed by atoms with Crippen LogP contribution in [-0.2, 0) is 10.2 Å². The summed E-state index contributed by atoms with van der Waals surface area (Å²) in [5.74, 6) is 7.06. The SMILES string of the molecule is CC(=O)CC(C)(C)c1ccc(C#Cc2ccc(OC(C)C)nc2)cc1. The van der Waals surface area contributed by atoms with Gasteiger partial charge in [-0.2, -0.15) is 0 Å². The summed E-state index contributed by atoms with van der Waals surface area (Å²) in [6, 6.07) is 11.8. The molecule has 0 bridgehead atoms. The highest BCUT2D eigenvalue weighted by atomic mass is 16.5. The van der Waals surface area contributed by atoms with Crippen LogP contribution >= 0.6 is 0 Å². The summed E-state index contributed by atoms with van der Waals surface area (Å²) < 4.78 is 5.52. The van der Waals surface area contributed by atoms with Crippen molar-refractivity contribution in [1.29, 1.82) is 0 Å². The number of Topliss-reactive ketones (excluding diaryl/α,β-unsaturated/α-hetero) is 1. The van der Waals surface area contributed by atoms with Crippen molar-refractivity contribution < 1.29 is 9.53 Å². The number of benzene rings is 1. The quantitative estimate of drug-likeness (QED) is 0.754. The van der Waals surface area contributed by atoms with E-state index in [1.807, 2.05) is 50.2 Å². The fourth-order valence-electron chi connectivity index (χ4n) is 2.64. The Balaban J connectivity index is 2.09. The van der Waals surface area contributed by atoms with Crippen molar-refractivity contribution in [2.45, 2.75) is 52.6 Å². The van der Waals surface area contributed by atoms with Gasteiger partial charge < -0.3 is 4.74 Å². The molecule has 1 aromatic carbocycles. The Bertz CT molecular complexity index is 776. The number of nitrogens with zero attached hydrogens (tertiary/aromatic N) is 1. The minimum atomic E-state index is -0.159. The van der Waals surface area contributed by atoms with Gasteiger partial charge in [0.2, 0.25) is 5.88 Å². The second-order valence-corrected chi connectivity index (χ2v) is 7.14. The molecule has 0 fully saturated rings. The van der Waals surface area contributed by atoms with E-state index in [0.29, 0.717) is 12.3 Å². The van der Waals surface area contributed by atoms with Gasteiger partial charge in [0, 0.05) is 29.8 Å². The summed E-state index contributed by atoms with van der Waals surface area (Å²) in [6.07, 6.45) is 2.36. The van der Waals surface area contributed by atoms with Crippen LogP contribution in [0.2, 0.25) is 0 Å². The Morgan fingerprint density at radius 3 is 2.20 bits per heavy atom. The van der Waals surface area contributed by atoms with Gasteiger partial charge in [-0.3, -0.25) is 4.79 Å². The summed E-state index contributed by atoms with van der Waals surface area (Å²) in [6.45, 7) is 9.74. The minimum Gasteiger partial charge on any atom is -0.475 e. The van der Waals surface area contributed by atoms with E-state index in [0.717, 1.165) is 16.7 Å². The molecule has 2 aromatic rings. The maximum absolute atomic E-state index is 11.4. The van der Waals surface area contributed by atoms with Crippen LogP contribution in [0.5, 0.6) is 5.88 Å². The average molecular weight is 335 g/mol. The predicted octanol–water partition coefficient (Wildman–Crippen LogP) is 4.53. The van der Waals surface area contributed by atoms with Crippen LogP contribution in [0.1, 0.15) is 57.7 Å². The van der Waals surface area contributed by atoms with Gasteiger partial charge >= 0.3 is 0 Å². The van der Waals surface area contributed by atoms with Crippen molar-refractivity contribution in [2.75, 3.05) is 0 Å². The van der Waals surface area contributed by atoms with Crippen LogP contribution in [0.25, 0.3) is 0 Å². The molecule has 0 atom stereocenters. The van der Waals surface area contributed by atoms with Gasteiger partial charge in [-0.25, -0.2) is 4.98 Å². The van der Waals surface area contributed by atoms with Gasteiger partial charge in [0.15, 0.2) is 0 Å². The molecule has 2 rings (SSSR count). The molecule has 0 unspecified atom stereocenters. The lowest BCUT2D eigenvalue weighted by atomic mass is 9.80. The van der Waals surface area contributed by atoms with E-state index in [9.17, 15) is 4.79 Å². The van der Waals surface area contributed by atoms with Crippen molar-refractivity contribution in [3.8, 4) is 17.7 Å². The highest BCUT2D eigenvalue weighted by Gasteiger charge is 2.22. The molecular formula is C22H25NO2. The van der Waals surface area contributed by atoms with Crippen LogP contribution in [0, 0.1) is 11.8 Å². The van der Waals surface area contributed by atoms with Gasteiger partial charge in [-0.05, 0) is 49.9 Å². The number of carbonyl (C=O) groups is 1. The number of ketones is 1. The maximum Gasteiger partial charge on any atom is 0.213 e. The Hall–Kier alpha value is -2.60. The molecule has 1 heterocycles.